The average molecular weight is 506 g/mol. The van der Waals surface area contributed by atoms with Gasteiger partial charge in [-0.25, -0.2) is 4.99 Å². The number of benzene rings is 1. The Morgan fingerprint density at radius 1 is 1.11 bits per heavy atom. The Morgan fingerprint density at radius 2 is 1.75 bits per heavy atom. The summed E-state index contributed by atoms with van der Waals surface area (Å²) in [4.78, 5) is 20.7. The summed E-state index contributed by atoms with van der Waals surface area (Å²) in [5.41, 5.74) is 1.08. The van der Waals surface area contributed by atoms with Crippen LogP contribution >= 0.6 is 24.0 Å². The Morgan fingerprint density at radius 3 is 2.29 bits per heavy atom. The number of nitrogens with one attached hydrogen (secondary N) is 1. The van der Waals surface area contributed by atoms with Gasteiger partial charge in [0.25, 0.3) is 0 Å². The first kappa shape index (κ1) is 26.4. The smallest absolute Gasteiger partial charge is 0.242 e. The summed E-state index contributed by atoms with van der Waals surface area (Å²) >= 11 is 0. The molecule has 1 N–H and O–H groups in total. The van der Waals surface area contributed by atoms with Crippen LogP contribution in [0.3, 0.4) is 0 Å². The van der Waals surface area contributed by atoms with E-state index in [0.717, 1.165) is 36.9 Å². The Balaban J connectivity index is 0.00000729. The predicted octanol–water partition coefficient (Wildman–Crippen LogP) is 2.60. The minimum absolute atomic E-state index is 0. The van der Waals surface area contributed by atoms with E-state index < -0.39 is 0 Å². The molecule has 0 fully saturated rings. The molecule has 0 aliphatic carbocycles. The number of ether oxygens (including phenoxy) is 2. The molecule has 0 aliphatic heterocycles. The van der Waals surface area contributed by atoms with Gasteiger partial charge >= 0.3 is 0 Å². The highest BCUT2D eigenvalue weighted by atomic mass is 127. The second-order valence-electron chi connectivity index (χ2n) is 6.08. The molecule has 0 spiro atoms. The number of nitrogens with zero attached hydrogens (tertiary/aromatic N) is 3. The third kappa shape index (κ3) is 9.59. The van der Waals surface area contributed by atoms with Crippen molar-refractivity contribution in [3.8, 4) is 5.75 Å². The lowest BCUT2D eigenvalue weighted by molar-refractivity contribution is -0.131. The number of guanidine groups is 1. The summed E-state index contributed by atoms with van der Waals surface area (Å²) in [6.45, 7) is 10.1. The van der Waals surface area contributed by atoms with E-state index >= 15 is 0 Å². The molecule has 8 heteroatoms. The van der Waals surface area contributed by atoms with E-state index in [1.165, 1.54) is 0 Å². The lowest BCUT2D eigenvalue weighted by Crippen LogP contribution is -2.45. The first-order chi connectivity index (χ1) is 13.0. The Labute approximate surface area is 186 Å². The molecular formula is C20H35IN4O3. The van der Waals surface area contributed by atoms with E-state index in [0.29, 0.717) is 26.3 Å². The van der Waals surface area contributed by atoms with Gasteiger partial charge in [-0.1, -0.05) is 12.1 Å². The monoisotopic (exact) mass is 506 g/mol. The number of hydrogen-bond donors (Lipinski definition) is 1. The number of methoxy groups -OCH3 is 1. The Kier molecular flexibility index (Phi) is 14.5. The number of carbonyl (C=O) groups excluding carboxylic acids is 1. The summed E-state index contributed by atoms with van der Waals surface area (Å²) in [6.07, 6.45) is 0. The maximum Gasteiger partial charge on any atom is 0.242 e. The molecule has 0 radical (unpaired) electrons. The summed E-state index contributed by atoms with van der Waals surface area (Å²) in [5, 5.41) is 3.25. The van der Waals surface area contributed by atoms with Crippen LogP contribution in [0.25, 0.3) is 0 Å². The van der Waals surface area contributed by atoms with Gasteiger partial charge in [0.2, 0.25) is 5.91 Å². The summed E-state index contributed by atoms with van der Waals surface area (Å²) < 4.78 is 10.5. The molecule has 0 aromatic heterocycles. The second-order valence-corrected chi connectivity index (χ2v) is 6.08. The van der Waals surface area contributed by atoms with Gasteiger partial charge < -0.3 is 24.6 Å². The van der Waals surface area contributed by atoms with Crippen LogP contribution in [-0.2, 0) is 16.1 Å². The molecule has 1 rings (SSSR count). The van der Waals surface area contributed by atoms with Crippen molar-refractivity contribution in [2.45, 2.75) is 27.3 Å². The number of hydrogen-bond acceptors (Lipinski definition) is 4. The van der Waals surface area contributed by atoms with Crippen LogP contribution < -0.4 is 10.1 Å². The Bertz CT molecular complexity index is 577. The largest absolute Gasteiger partial charge is 0.491 e. The van der Waals surface area contributed by atoms with Crippen molar-refractivity contribution in [1.29, 1.82) is 0 Å². The highest BCUT2D eigenvalue weighted by molar-refractivity contribution is 14.0. The van der Waals surface area contributed by atoms with Crippen molar-refractivity contribution in [2.24, 2.45) is 4.99 Å². The minimum Gasteiger partial charge on any atom is -0.491 e. The van der Waals surface area contributed by atoms with E-state index in [2.05, 4.69) is 10.3 Å². The molecule has 0 saturated carbocycles. The third-order valence-electron chi connectivity index (χ3n) is 4.08. The molecule has 1 aromatic carbocycles. The zero-order chi connectivity index (χ0) is 20.1. The highest BCUT2D eigenvalue weighted by Gasteiger charge is 2.14. The van der Waals surface area contributed by atoms with Gasteiger partial charge in [-0.05, 0) is 38.5 Å². The molecule has 0 bridgehead atoms. The molecule has 160 valence electrons. The van der Waals surface area contributed by atoms with Gasteiger partial charge in [-0.15, -0.1) is 24.0 Å². The summed E-state index contributed by atoms with van der Waals surface area (Å²) in [5.74, 6) is 1.64. The van der Waals surface area contributed by atoms with Crippen LogP contribution in [0.2, 0.25) is 0 Å². The first-order valence-electron chi connectivity index (χ1n) is 9.53. The molecule has 0 aliphatic rings. The van der Waals surface area contributed by atoms with Crippen LogP contribution in [0.4, 0.5) is 0 Å². The molecule has 0 heterocycles. The third-order valence-corrected chi connectivity index (χ3v) is 4.08. The van der Waals surface area contributed by atoms with Gasteiger partial charge in [0.15, 0.2) is 5.96 Å². The van der Waals surface area contributed by atoms with Gasteiger partial charge in [-0.3, -0.25) is 4.79 Å². The van der Waals surface area contributed by atoms with E-state index in [4.69, 9.17) is 9.47 Å². The van der Waals surface area contributed by atoms with Crippen LogP contribution in [0.5, 0.6) is 5.75 Å². The molecular weight excluding hydrogens is 471 g/mol. The number of amides is 1. The maximum absolute atomic E-state index is 12.3. The molecule has 7 nitrogen and oxygen atoms in total. The van der Waals surface area contributed by atoms with Crippen molar-refractivity contribution in [3.05, 3.63) is 29.8 Å². The summed E-state index contributed by atoms with van der Waals surface area (Å²) in [6, 6.07) is 7.86. The van der Waals surface area contributed by atoms with Gasteiger partial charge in [0.05, 0.1) is 19.7 Å². The van der Waals surface area contributed by atoms with Gasteiger partial charge in [0.1, 0.15) is 12.4 Å². The number of halogens is 1. The lowest BCUT2D eigenvalue weighted by atomic mass is 10.2. The highest BCUT2D eigenvalue weighted by Crippen LogP contribution is 2.13. The van der Waals surface area contributed by atoms with Crippen molar-refractivity contribution in [1.82, 2.24) is 15.1 Å². The number of carbonyl (C=O) groups is 1. The minimum atomic E-state index is 0. The SMILES string of the molecule is CCNC(=NCc1ccc(OCCOC)cc1)N(C)CC(=O)N(CC)CC.I. The molecule has 1 aromatic rings. The molecule has 0 unspecified atom stereocenters. The average Bonchev–Trinajstić information content (AvgIpc) is 2.67. The lowest BCUT2D eigenvalue weighted by Gasteiger charge is -2.25. The fraction of sp³-hybridized carbons (Fsp3) is 0.600. The van der Waals surface area contributed by atoms with Crippen LogP contribution in [0.1, 0.15) is 26.3 Å². The standard InChI is InChI=1S/C20H34N4O3.HI/c1-6-21-20(23(4)16-19(25)24(7-2)8-3)22-15-17-9-11-18(12-10-17)27-14-13-26-5;/h9-12H,6-8,13-16H2,1-5H3,(H,21,22);1H. The van der Waals surface area contributed by atoms with E-state index in [-0.39, 0.29) is 29.9 Å². The number of likely N-dealkylation sites (N-methyl/N-ethyl adjacent to an activating group) is 2. The zero-order valence-electron chi connectivity index (χ0n) is 17.7. The van der Waals surface area contributed by atoms with E-state index in [9.17, 15) is 4.79 Å². The molecule has 28 heavy (non-hydrogen) atoms. The second kappa shape index (κ2) is 15.4. The van der Waals surface area contributed by atoms with Crippen molar-refractivity contribution < 1.29 is 14.3 Å². The Hall–Kier alpha value is -1.55. The fourth-order valence-electron chi connectivity index (χ4n) is 2.52. The predicted molar refractivity (Wildman–Crippen MR) is 125 cm³/mol. The van der Waals surface area contributed by atoms with Crippen LogP contribution in [0.15, 0.2) is 29.3 Å². The van der Waals surface area contributed by atoms with Gasteiger partial charge in [0, 0.05) is 33.8 Å². The number of rotatable bonds is 11. The molecule has 0 atom stereocenters. The van der Waals surface area contributed by atoms with E-state index in [1.807, 2.05) is 61.9 Å². The topological polar surface area (TPSA) is 66.4 Å². The zero-order valence-corrected chi connectivity index (χ0v) is 20.1. The first-order valence-corrected chi connectivity index (χ1v) is 9.53. The van der Waals surface area contributed by atoms with Crippen LogP contribution in [0, 0.1) is 0 Å². The normalized spacial score (nSPS) is 10.8. The molecule has 1 amide bonds. The quantitative estimate of drug-likeness (QED) is 0.216. The number of aliphatic imine (C=N–C) groups is 1. The van der Waals surface area contributed by atoms with Crippen molar-refractivity contribution >= 4 is 35.8 Å². The maximum atomic E-state index is 12.3. The summed E-state index contributed by atoms with van der Waals surface area (Å²) in [7, 11) is 3.54. The van der Waals surface area contributed by atoms with Crippen molar-refractivity contribution in [2.75, 3.05) is 53.6 Å². The van der Waals surface area contributed by atoms with Crippen LogP contribution in [-0.4, -0.2) is 75.2 Å². The van der Waals surface area contributed by atoms with Crippen molar-refractivity contribution in [3.63, 3.8) is 0 Å². The molecule has 0 saturated heterocycles. The van der Waals surface area contributed by atoms with Gasteiger partial charge in [-0.2, -0.15) is 0 Å². The fourth-order valence-corrected chi connectivity index (χ4v) is 2.52. The van der Waals surface area contributed by atoms with E-state index in [1.54, 1.807) is 7.11 Å².